The lowest BCUT2D eigenvalue weighted by Gasteiger charge is -2.28. The normalized spacial score (nSPS) is 14.2. The zero-order chi connectivity index (χ0) is 71.9. The van der Waals surface area contributed by atoms with Gasteiger partial charge in [-0.3, -0.25) is 67.5 Å². The molecule has 10 atom stereocenters. The number of nitrogens with zero attached hydrogens (tertiary/aromatic N) is 2. The monoisotopic (exact) mass is 1360 g/mol. The van der Waals surface area contributed by atoms with Gasteiger partial charge in [-0.15, -0.1) is 0 Å². The first kappa shape index (κ1) is 84.0. The number of rotatable bonds is 49. The number of carboxylic acid groups (broad SMARTS) is 2. The highest BCUT2D eigenvalue weighted by atomic mass is 32.2. The second-order valence-corrected chi connectivity index (χ2v) is 24.5. The van der Waals surface area contributed by atoms with Crippen LogP contribution in [0.3, 0.4) is 0 Å². The molecule has 95 heavy (non-hydrogen) atoms. The van der Waals surface area contributed by atoms with Crippen molar-refractivity contribution in [3.63, 3.8) is 0 Å². The molecule has 0 spiro atoms. The fraction of sp³-hybridized carbons (Fsp3) is 0.644. The highest BCUT2D eigenvalue weighted by Gasteiger charge is 2.37. The third-order valence-corrected chi connectivity index (χ3v) is 14.9. The minimum absolute atomic E-state index is 0.0197. The average molecular weight is 1360 g/mol. The Bertz CT molecular complexity index is 2770. The van der Waals surface area contributed by atoms with Gasteiger partial charge in [-0.05, 0) is 132 Å². The summed E-state index contributed by atoms with van der Waals surface area (Å²) in [6.07, 6.45) is -0.912. The number of primary amides is 2. The molecule has 1 aromatic rings. The Morgan fingerprint density at radius 3 is 1.19 bits per heavy atom. The molecular weight excluding hydrogens is 1260 g/mol. The number of phenolic OH excluding ortho intramolecular Hbond substituents is 1. The maximum atomic E-state index is 14.7. The molecule has 0 fully saturated rings. The summed E-state index contributed by atoms with van der Waals surface area (Å²) >= 11 is 1.30. The Kier molecular flexibility index (Phi) is 40.0. The number of nitrogens with two attached hydrogens (primary N) is 8. The number of guanidine groups is 2. The van der Waals surface area contributed by atoms with Crippen LogP contribution >= 0.6 is 11.8 Å². The standard InChI is InChI=1S/C59H101N19O16S/c1-31(2)28-42(76-50(86)36(11-6-7-24-60)70-48(84)35(61)10-8-25-68-58(64)65)55(91)74-38(17-20-45(62)80)51(87)72-39(18-21-46(63)81)53(89)77-43(30-33-13-15-34(79)16-14-33)56(92)71-37(12-9-26-69-59(66)67)49(85)73-40(19-22-47(82)83)52(88)75-41(23-27-95-5)54(90)78-44(57(93)94)29-32(3)4/h13-16,31-32,35-44,79H,6-12,17-30,60-61H2,1-5H3,(H2,62,80)(H2,63,81)(H,70,84)(H,71,92)(H,72,87)(H,73,85)(H,74,91)(H,75,88)(H,76,86)(H,77,89)(H,78,90)(H,82,83)(H,93,94)(H4,64,65,68)(H4,66,67,69)/t35-,36-,37-,38-,39-,40-,41-,42-,43-,44-/m0/s1. The molecule has 35 nitrogen and oxygen atoms in total. The van der Waals surface area contributed by atoms with Gasteiger partial charge in [0.25, 0.3) is 0 Å². The number of aliphatic carboxylic acids is 2. The van der Waals surface area contributed by atoms with Gasteiger partial charge >= 0.3 is 11.9 Å². The van der Waals surface area contributed by atoms with Crippen LogP contribution in [0.2, 0.25) is 0 Å². The van der Waals surface area contributed by atoms with Gasteiger partial charge in [0.15, 0.2) is 11.9 Å². The smallest absolute Gasteiger partial charge is 0.326 e. The van der Waals surface area contributed by atoms with Crippen LogP contribution in [-0.2, 0) is 68.7 Å². The summed E-state index contributed by atoms with van der Waals surface area (Å²) in [5.74, 6) is -14.1. The van der Waals surface area contributed by atoms with Gasteiger partial charge in [-0.1, -0.05) is 39.8 Å². The number of carboxylic acids is 2. The molecular formula is C59H101N19O16S. The maximum Gasteiger partial charge on any atom is 0.326 e. The van der Waals surface area contributed by atoms with E-state index in [-0.39, 0.29) is 94.1 Å². The summed E-state index contributed by atoms with van der Waals surface area (Å²) in [6.45, 7) is 7.30. The molecule has 0 aliphatic heterocycles. The van der Waals surface area contributed by atoms with Crippen molar-refractivity contribution in [3.05, 3.63) is 29.8 Å². The zero-order valence-electron chi connectivity index (χ0n) is 54.7. The second kappa shape index (κ2) is 45.3. The largest absolute Gasteiger partial charge is 0.508 e. The van der Waals surface area contributed by atoms with E-state index in [9.17, 15) is 77.6 Å². The molecule has 0 aliphatic rings. The first-order valence-electron chi connectivity index (χ1n) is 31.3. The maximum absolute atomic E-state index is 14.7. The van der Waals surface area contributed by atoms with Gasteiger partial charge < -0.3 is 109 Å². The summed E-state index contributed by atoms with van der Waals surface area (Å²) in [5, 5.41) is 52.3. The lowest BCUT2D eigenvalue weighted by molar-refractivity contribution is -0.143. The van der Waals surface area contributed by atoms with Gasteiger partial charge in [-0.2, -0.15) is 11.8 Å². The molecule has 1 aromatic carbocycles. The number of hydrogen-bond acceptors (Lipinski definition) is 19. The molecule has 0 saturated heterocycles. The van der Waals surface area contributed by atoms with E-state index < -0.39 is 182 Å². The van der Waals surface area contributed by atoms with Crippen LogP contribution in [0, 0.1) is 11.8 Å². The first-order chi connectivity index (χ1) is 44.7. The van der Waals surface area contributed by atoms with E-state index in [4.69, 9.17) is 45.9 Å². The van der Waals surface area contributed by atoms with Crippen LogP contribution in [0.5, 0.6) is 5.75 Å². The van der Waals surface area contributed by atoms with Crippen molar-refractivity contribution in [2.45, 2.75) is 197 Å². The number of amides is 11. The van der Waals surface area contributed by atoms with Crippen LogP contribution < -0.4 is 93.7 Å². The van der Waals surface area contributed by atoms with E-state index in [1.165, 1.54) is 36.0 Å². The quantitative estimate of drug-likeness (QED) is 0.0165. The van der Waals surface area contributed by atoms with Crippen LogP contribution in [0.25, 0.3) is 0 Å². The molecule has 0 saturated carbocycles. The van der Waals surface area contributed by atoms with E-state index in [1.807, 2.05) is 0 Å². The van der Waals surface area contributed by atoms with E-state index >= 15 is 0 Å². The summed E-state index contributed by atoms with van der Waals surface area (Å²) in [4.78, 5) is 184. The Morgan fingerprint density at radius 1 is 0.442 bits per heavy atom. The van der Waals surface area contributed by atoms with E-state index in [1.54, 1.807) is 34.0 Å². The van der Waals surface area contributed by atoms with E-state index in [2.05, 4.69) is 57.8 Å². The third kappa shape index (κ3) is 36.3. The molecule has 28 N–H and O–H groups in total. The molecule has 1 rings (SSSR count). The van der Waals surface area contributed by atoms with Crippen LogP contribution in [0.1, 0.15) is 136 Å². The van der Waals surface area contributed by atoms with Crippen molar-refractivity contribution in [3.8, 4) is 5.75 Å². The number of carbonyl (C=O) groups is 13. The van der Waals surface area contributed by atoms with Crippen molar-refractivity contribution in [2.75, 3.05) is 31.6 Å². The number of carbonyl (C=O) groups excluding carboxylic acids is 11. The number of hydrogen-bond donors (Lipinski definition) is 20. The number of thioether (sulfide) groups is 1. The highest BCUT2D eigenvalue weighted by Crippen LogP contribution is 2.16. The molecule has 36 heteroatoms. The first-order valence-corrected chi connectivity index (χ1v) is 32.6. The van der Waals surface area contributed by atoms with Crippen LogP contribution in [0.4, 0.5) is 0 Å². The minimum Gasteiger partial charge on any atom is -0.508 e. The number of unbranched alkanes of at least 4 members (excludes halogenated alkanes) is 1. The summed E-state index contributed by atoms with van der Waals surface area (Å²) in [5.41, 5.74) is 45.0. The van der Waals surface area contributed by atoms with Gasteiger partial charge in [0.2, 0.25) is 65.0 Å². The molecule has 0 unspecified atom stereocenters. The van der Waals surface area contributed by atoms with Gasteiger partial charge in [0, 0.05) is 38.8 Å². The van der Waals surface area contributed by atoms with Crippen molar-refractivity contribution in [1.82, 2.24) is 47.9 Å². The van der Waals surface area contributed by atoms with E-state index in [0.29, 0.717) is 30.6 Å². The third-order valence-electron chi connectivity index (χ3n) is 14.3. The summed E-state index contributed by atoms with van der Waals surface area (Å²) in [6, 6.07) is -9.54. The average Bonchev–Trinajstić information content (AvgIpc) is 0.906. The minimum atomic E-state index is -1.76. The van der Waals surface area contributed by atoms with Crippen molar-refractivity contribution >= 4 is 101 Å². The predicted octanol–water partition coefficient (Wildman–Crippen LogP) is -4.81. The Balaban J connectivity index is 3.85. The molecule has 0 heterocycles. The molecule has 0 aliphatic carbocycles. The van der Waals surface area contributed by atoms with Crippen molar-refractivity contribution in [1.29, 1.82) is 0 Å². The molecule has 0 radical (unpaired) electrons. The predicted molar refractivity (Wildman–Crippen MR) is 353 cm³/mol. The SMILES string of the molecule is CSCC[C@H](NC(=O)[C@H](CCC(=O)O)NC(=O)[C@H](CCCN=C(N)N)NC(=O)[C@H](Cc1ccc(O)cc1)NC(=O)[C@H](CCC(N)=O)NC(=O)[C@H](CCC(N)=O)NC(=O)[C@H](CC(C)C)NC(=O)[C@H](CCCCN)NC(=O)[C@@H](N)CCCN=C(N)N)C(=O)N[C@@H](CC(C)C)C(=O)O. The van der Waals surface area contributed by atoms with Crippen molar-refractivity contribution < 1.29 is 77.6 Å². The highest BCUT2D eigenvalue weighted by molar-refractivity contribution is 7.98. The fourth-order valence-electron chi connectivity index (χ4n) is 9.27. The molecule has 11 amide bonds. The zero-order valence-corrected chi connectivity index (χ0v) is 55.5. The Labute approximate surface area is 556 Å². The van der Waals surface area contributed by atoms with Crippen LogP contribution in [0.15, 0.2) is 34.3 Å². The van der Waals surface area contributed by atoms with Gasteiger partial charge in [-0.25, -0.2) is 4.79 Å². The summed E-state index contributed by atoms with van der Waals surface area (Å²) < 4.78 is 0. The number of nitrogens with one attached hydrogen (secondary N) is 9. The Morgan fingerprint density at radius 2 is 0.789 bits per heavy atom. The van der Waals surface area contributed by atoms with Gasteiger partial charge in [0.05, 0.1) is 6.04 Å². The number of benzene rings is 1. The molecule has 0 bridgehead atoms. The second-order valence-electron chi connectivity index (χ2n) is 23.5. The number of phenols is 1. The Hall–Kier alpha value is -9.06. The fourth-order valence-corrected chi connectivity index (χ4v) is 9.74. The van der Waals surface area contributed by atoms with Crippen LogP contribution in [-0.4, -0.2) is 196 Å². The molecule has 534 valence electrons. The number of aliphatic imine (C=N–C) groups is 2. The van der Waals surface area contributed by atoms with E-state index in [0.717, 1.165) is 0 Å². The lowest BCUT2D eigenvalue weighted by Crippen LogP contribution is -2.61. The molecule has 0 aromatic heterocycles. The number of aromatic hydroxyl groups is 1. The topological polar surface area (TPSA) is 624 Å². The van der Waals surface area contributed by atoms with Gasteiger partial charge in [0.1, 0.15) is 60.1 Å². The lowest BCUT2D eigenvalue weighted by atomic mass is 10.00. The summed E-state index contributed by atoms with van der Waals surface area (Å²) in [7, 11) is 0. The van der Waals surface area contributed by atoms with Crippen molar-refractivity contribution in [2.24, 2.45) is 67.7 Å².